The van der Waals surface area contributed by atoms with Crippen molar-refractivity contribution in [3.05, 3.63) is 48.2 Å². The van der Waals surface area contributed by atoms with Crippen molar-refractivity contribution in [3.8, 4) is 11.6 Å². The second kappa shape index (κ2) is 9.10. The van der Waals surface area contributed by atoms with Gasteiger partial charge in [-0.3, -0.25) is 4.79 Å². The number of benzene rings is 1. The van der Waals surface area contributed by atoms with Crippen LogP contribution in [0.5, 0.6) is 11.6 Å². The maximum atomic E-state index is 12.8. The number of nitrogens with zero attached hydrogens (tertiary/aromatic N) is 3. The summed E-state index contributed by atoms with van der Waals surface area (Å²) in [5.74, 6) is -0.473. The Hall–Kier alpha value is -2.86. The fourth-order valence-corrected chi connectivity index (χ4v) is 4.44. The molecule has 168 valence electrons. The average molecular weight is 459 g/mol. The third-order valence-electron chi connectivity index (χ3n) is 4.60. The molecule has 12 heteroatoms. The van der Waals surface area contributed by atoms with Gasteiger partial charge in [-0.25, -0.2) is 13.4 Å². The molecule has 1 aliphatic heterocycles. The lowest BCUT2D eigenvalue weighted by Crippen LogP contribution is -2.50. The van der Waals surface area contributed by atoms with Gasteiger partial charge in [-0.15, -0.1) is 0 Å². The highest BCUT2D eigenvalue weighted by Gasteiger charge is 2.33. The van der Waals surface area contributed by atoms with E-state index in [0.717, 1.165) is 0 Å². The standard InChI is InChI=1S/C19H20F3N3O5S/c1-29-14-4-6-15(7-5-14)31(27,28)25-11-9-24(10-12-25)18(26)16-3-2-8-23-17(16)30-13-19(20,21)22/h2-8H,9-13H2,1H3. The third kappa shape index (κ3) is 5.44. The van der Waals surface area contributed by atoms with E-state index in [4.69, 9.17) is 4.74 Å². The number of piperazine rings is 1. The van der Waals surface area contributed by atoms with Crippen LogP contribution in [0.25, 0.3) is 0 Å². The summed E-state index contributed by atoms with van der Waals surface area (Å²) in [6, 6.07) is 8.69. The van der Waals surface area contributed by atoms with Crippen LogP contribution in [0.2, 0.25) is 0 Å². The zero-order chi connectivity index (χ0) is 22.6. The zero-order valence-electron chi connectivity index (χ0n) is 16.5. The van der Waals surface area contributed by atoms with Crippen LogP contribution in [0.3, 0.4) is 0 Å². The van der Waals surface area contributed by atoms with Gasteiger partial charge in [0, 0.05) is 32.4 Å². The first-order valence-electron chi connectivity index (χ1n) is 9.20. The molecule has 1 aliphatic rings. The quantitative estimate of drug-likeness (QED) is 0.658. The van der Waals surface area contributed by atoms with Crippen LogP contribution < -0.4 is 9.47 Å². The molecule has 8 nitrogen and oxygen atoms in total. The molecule has 0 bridgehead atoms. The fourth-order valence-electron chi connectivity index (χ4n) is 3.02. The molecule has 0 spiro atoms. The average Bonchev–Trinajstić information content (AvgIpc) is 2.77. The molecule has 31 heavy (non-hydrogen) atoms. The minimum Gasteiger partial charge on any atom is -0.497 e. The van der Waals surface area contributed by atoms with Gasteiger partial charge in [-0.2, -0.15) is 17.5 Å². The number of halogens is 3. The highest BCUT2D eigenvalue weighted by molar-refractivity contribution is 7.89. The largest absolute Gasteiger partial charge is 0.497 e. The minimum absolute atomic E-state index is 0.0408. The van der Waals surface area contributed by atoms with Crippen LogP contribution in [0.15, 0.2) is 47.5 Å². The summed E-state index contributed by atoms with van der Waals surface area (Å²) in [6.07, 6.45) is -3.35. The number of pyridine rings is 1. The first kappa shape index (κ1) is 22.8. The van der Waals surface area contributed by atoms with Crippen LogP contribution in [-0.4, -0.2) is 74.6 Å². The maximum Gasteiger partial charge on any atom is 0.422 e. The summed E-state index contributed by atoms with van der Waals surface area (Å²) in [5, 5.41) is 0. The third-order valence-corrected chi connectivity index (χ3v) is 6.51. The van der Waals surface area contributed by atoms with E-state index in [1.165, 1.54) is 58.9 Å². The lowest BCUT2D eigenvalue weighted by molar-refractivity contribution is -0.154. The van der Waals surface area contributed by atoms with Crippen LogP contribution in [0.4, 0.5) is 13.2 Å². The predicted octanol–water partition coefficient (Wildman–Crippen LogP) is 2.18. The molecule has 1 amide bonds. The molecule has 3 rings (SSSR count). The van der Waals surface area contributed by atoms with E-state index in [-0.39, 0.29) is 36.6 Å². The van der Waals surface area contributed by atoms with Crippen molar-refractivity contribution in [1.29, 1.82) is 0 Å². The van der Waals surface area contributed by atoms with E-state index in [1.807, 2.05) is 0 Å². The molecule has 1 aromatic carbocycles. The Morgan fingerprint density at radius 1 is 1.10 bits per heavy atom. The molecule has 0 unspecified atom stereocenters. The summed E-state index contributed by atoms with van der Waals surface area (Å²) < 4.78 is 73.9. The molecule has 1 saturated heterocycles. The van der Waals surface area contributed by atoms with E-state index in [1.54, 1.807) is 0 Å². The van der Waals surface area contributed by atoms with Crippen molar-refractivity contribution in [1.82, 2.24) is 14.2 Å². The summed E-state index contributed by atoms with van der Waals surface area (Å²) in [6.45, 7) is -1.35. The van der Waals surface area contributed by atoms with Gasteiger partial charge in [0.15, 0.2) is 6.61 Å². The van der Waals surface area contributed by atoms with Gasteiger partial charge in [-0.05, 0) is 36.4 Å². The van der Waals surface area contributed by atoms with Crippen molar-refractivity contribution in [2.24, 2.45) is 0 Å². The van der Waals surface area contributed by atoms with E-state index in [9.17, 15) is 26.4 Å². The van der Waals surface area contributed by atoms with Crippen LogP contribution >= 0.6 is 0 Å². The van der Waals surface area contributed by atoms with Gasteiger partial charge in [0.25, 0.3) is 5.91 Å². The number of aromatic nitrogens is 1. The lowest BCUT2D eigenvalue weighted by Gasteiger charge is -2.34. The number of rotatable bonds is 6. The summed E-state index contributed by atoms with van der Waals surface area (Å²) in [7, 11) is -2.28. The SMILES string of the molecule is COc1ccc(S(=O)(=O)N2CCN(C(=O)c3cccnc3OCC(F)(F)F)CC2)cc1. The number of carbonyl (C=O) groups is 1. The molecule has 1 fully saturated rings. The zero-order valence-corrected chi connectivity index (χ0v) is 17.3. The Morgan fingerprint density at radius 2 is 1.74 bits per heavy atom. The molecule has 0 saturated carbocycles. The number of methoxy groups -OCH3 is 1. The van der Waals surface area contributed by atoms with Crippen molar-refractivity contribution < 1.29 is 35.9 Å². The van der Waals surface area contributed by atoms with Gasteiger partial charge in [0.2, 0.25) is 15.9 Å². The number of amides is 1. The second-order valence-corrected chi connectivity index (χ2v) is 8.57. The molecule has 2 aromatic rings. The molecule has 0 atom stereocenters. The highest BCUT2D eigenvalue weighted by atomic mass is 32.2. The molecule has 2 heterocycles. The van der Waals surface area contributed by atoms with Crippen molar-refractivity contribution >= 4 is 15.9 Å². The number of ether oxygens (including phenoxy) is 2. The van der Waals surface area contributed by atoms with Crippen molar-refractivity contribution in [2.75, 3.05) is 39.9 Å². The normalized spacial score (nSPS) is 15.5. The summed E-state index contributed by atoms with van der Waals surface area (Å²) >= 11 is 0. The van der Waals surface area contributed by atoms with E-state index in [0.29, 0.717) is 5.75 Å². The first-order chi connectivity index (χ1) is 14.6. The Bertz CT molecular complexity index is 1020. The summed E-state index contributed by atoms with van der Waals surface area (Å²) in [5.41, 5.74) is -0.113. The van der Waals surface area contributed by atoms with Crippen molar-refractivity contribution in [2.45, 2.75) is 11.1 Å². The molecule has 0 N–H and O–H groups in total. The summed E-state index contributed by atoms with van der Waals surface area (Å²) in [4.78, 5) is 18.0. The van der Waals surface area contributed by atoms with Gasteiger partial charge in [0.1, 0.15) is 11.3 Å². The number of hydrogen-bond acceptors (Lipinski definition) is 6. The predicted molar refractivity (Wildman–Crippen MR) is 103 cm³/mol. The minimum atomic E-state index is -4.57. The number of hydrogen-bond donors (Lipinski definition) is 0. The number of carbonyl (C=O) groups excluding carboxylic acids is 1. The van der Waals surface area contributed by atoms with Gasteiger partial charge >= 0.3 is 6.18 Å². The number of sulfonamides is 1. The Balaban J connectivity index is 1.67. The Morgan fingerprint density at radius 3 is 2.32 bits per heavy atom. The fraction of sp³-hybridized carbons (Fsp3) is 0.368. The van der Waals surface area contributed by atoms with Crippen LogP contribution in [0, 0.1) is 0 Å². The first-order valence-corrected chi connectivity index (χ1v) is 10.6. The van der Waals surface area contributed by atoms with Gasteiger partial charge in [-0.1, -0.05) is 0 Å². The smallest absolute Gasteiger partial charge is 0.422 e. The lowest BCUT2D eigenvalue weighted by atomic mass is 10.2. The molecule has 0 radical (unpaired) electrons. The monoisotopic (exact) mass is 459 g/mol. The van der Waals surface area contributed by atoms with E-state index < -0.39 is 34.6 Å². The number of alkyl halides is 3. The van der Waals surface area contributed by atoms with Gasteiger partial charge in [0.05, 0.1) is 12.0 Å². The molecule has 0 aliphatic carbocycles. The van der Waals surface area contributed by atoms with E-state index in [2.05, 4.69) is 9.72 Å². The van der Waals surface area contributed by atoms with Crippen LogP contribution in [0.1, 0.15) is 10.4 Å². The second-order valence-electron chi connectivity index (χ2n) is 6.63. The Labute approximate surface area is 177 Å². The van der Waals surface area contributed by atoms with Crippen molar-refractivity contribution in [3.63, 3.8) is 0 Å². The highest BCUT2D eigenvalue weighted by Crippen LogP contribution is 2.24. The van der Waals surface area contributed by atoms with Crippen LogP contribution in [-0.2, 0) is 10.0 Å². The maximum absolute atomic E-state index is 12.8. The molecular formula is C19H20F3N3O5S. The molecular weight excluding hydrogens is 439 g/mol. The topological polar surface area (TPSA) is 89.0 Å². The van der Waals surface area contributed by atoms with E-state index >= 15 is 0 Å². The van der Waals surface area contributed by atoms with Gasteiger partial charge < -0.3 is 14.4 Å². The molecule has 1 aromatic heterocycles. The Kier molecular flexibility index (Phi) is 6.70.